The van der Waals surface area contributed by atoms with Gasteiger partial charge < -0.3 is 10.3 Å². The van der Waals surface area contributed by atoms with Crippen molar-refractivity contribution in [2.24, 2.45) is 46.1 Å². The minimum Gasteiger partial charge on any atom is -0.411 e. The van der Waals surface area contributed by atoms with E-state index < -0.39 is 5.60 Å². The summed E-state index contributed by atoms with van der Waals surface area (Å²) in [7, 11) is 0. The fourth-order valence-electron chi connectivity index (χ4n) is 7.84. The second-order valence-corrected chi connectivity index (χ2v) is 10.1. The number of hydrogen-bond acceptors (Lipinski definition) is 3. The van der Waals surface area contributed by atoms with Crippen molar-refractivity contribution >= 4 is 5.71 Å². The third-order valence-electron chi connectivity index (χ3n) is 8.90. The zero-order chi connectivity index (χ0) is 17.1. The predicted octanol–water partition coefficient (Wildman–Crippen LogP) is 4.86. The Bertz CT molecular complexity index is 528. The molecule has 3 heteroatoms. The van der Waals surface area contributed by atoms with E-state index in [1.165, 1.54) is 44.9 Å². The maximum atomic E-state index is 10.5. The van der Waals surface area contributed by atoms with Crippen molar-refractivity contribution < 1.29 is 10.3 Å². The average Bonchev–Trinajstić information content (AvgIpc) is 2.90. The van der Waals surface area contributed by atoms with Crippen LogP contribution < -0.4 is 0 Å². The molecule has 136 valence electrons. The summed E-state index contributed by atoms with van der Waals surface area (Å²) in [6.07, 6.45) is 11.2. The van der Waals surface area contributed by atoms with Gasteiger partial charge in [0.1, 0.15) is 0 Å². The van der Waals surface area contributed by atoms with Gasteiger partial charge in [0, 0.05) is 5.92 Å². The van der Waals surface area contributed by atoms with Crippen LogP contribution in [0.3, 0.4) is 0 Å². The fourth-order valence-corrected chi connectivity index (χ4v) is 7.84. The Labute approximate surface area is 146 Å². The summed E-state index contributed by atoms with van der Waals surface area (Å²) >= 11 is 0. The second-order valence-electron chi connectivity index (χ2n) is 10.1. The second kappa shape index (κ2) is 5.72. The Morgan fingerprint density at radius 1 is 0.917 bits per heavy atom. The van der Waals surface area contributed by atoms with Gasteiger partial charge in [-0.15, -0.1) is 0 Å². The molecule has 0 aromatic rings. The molecule has 2 N–H and O–H groups in total. The molecule has 4 aliphatic carbocycles. The standard InChI is InChI=1S/C21H35NO2/c1-13(22-24)18-6-7-19-17-5-4-14-12-20(2,23)10-8-15(14)16(17)9-11-21(18,19)3/h14-19,23-24H,4-12H2,1-3H3/b22-13+/t14?,15-,16-,17+,18+,19-,20+,21+/m0/s1. The summed E-state index contributed by atoms with van der Waals surface area (Å²) in [5.41, 5.74) is 0.898. The summed E-state index contributed by atoms with van der Waals surface area (Å²) in [6, 6.07) is 0. The quantitative estimate of drug-likeness (QED) is 0.409. The molecule has 4 fully saturated rings. The number of aliphatic hydroxyl groups is 1. The first-order chi connectivity index (χ1) is 11.4. The molecule has 3 nitrogen and oxygen atoms in total. The molecule has 0 bridgehead atoms. The Hall–Kier alpha value is -0.570. The van der Waals surface area contributed by atoms with Gasteiger partial charge >= 0.3 is 0 Å². The maximum absolute atomic E-state index is 10.5. The van der Waals surface area contributed by atoms with E-state index in [4.69, 9.17) is 0 Å². The largest absolute Gasteiger partial charge is 0.411 e. The minimum atomic E-state index is -0.412. The summed E-state index contributed by atoms with van der Waals surface area (Å²) in [5, 5.41) is 23.4. The molecule has 8 atom stereocenters. The van der Waals surface area contributed by atoms with Crippen LogP contribution in [0.25, 0.3) is 0 Å². The van der Waals surface area contributed by atoms with Crippen LogP contribution >= 0.6 is 0 Å². The van der Waals surface area contributed by atoms with E-state index in [0.29, 0.717) is 11.3 Å². The summed E-state index contributed by atoms with van der Waals surface area (Å²) < 4.78 is 0. The molecule has 0 amide bonds. The van der Waals surface area contributed by atoms with Gasteiger partial charge in [-0.1, -0.05) is 12.1 Å². The van der Waals surface area contributed by atoms with E-state index in [0.717, 1.165) is 48.1 Å². The number of oxime groups is 1. The first-order valence-corrected chi connectivity index (χ1v) is 10.3. The Morgan fingerprint density at radius 2 is 1.67 bits per heavy atom. The normalized spacial score (nSPS) is 54.8. The van der Waals surface area contributed by atoms with Gasteiger partial charge in [-0.05, 0) is 107 Å². The van der Waals surface area contributed by atoms with Crippen molar-refractivity contribution in [3.8, 4) is 0 Å². The number of fused-ring (bicyclic) bond motifs is 5. The first-order valence-electron chi connectivity index (χ1n) is 10.3. The number of nitrogens with zero attached hydrogens (tertiary/aromatic N) is 1. The SMILES string of the molecule is C/C(=N\O)[C@H]1CC[C@H]2[C@@H]3CCC4C[C@](C)(O)CC[C@@H]4[C@@H]3CC[C@]12C. The predicted molar refractivity (Wildman–Crippen MR) is 96.1 cm³/mol. The molecule has 0 aromatic heterocycles. The highest BCUT2D eigenvalue weighted by Gasteiger charge is 2.57. The molecule has 4 aliphatic rings. The van der Waals surface area contributed by atoms with Crippen LogP contribution in [-0.2, 0) is 0 Å². The molecular formula is C21H35NO2. The lowest BCUT2D eigenvalue weighted by Gasteiger charge is -2.57. The molecule has 1 unspecified atom stereocenters. The van der Waals surface area contributed by atoms with Crippen molar-refractivity contribution in [3.63, 3.8) is 0 Å². The van der Waals surface area contributed by atoms with Crippen LogP contribution in [0, 0.1) is 40.9 Å². The molecule has 4 saturated carbocycles. The van der Waals surface area contributed by atoms with E-state index in [-0.39, 0.29) is 0 Å². The number of rotatable bonds is 1. The highest BCUT2D eigenvalue weighted by atomic mass is 16.4. The fraction of sp³-hybridized carbons (Fsp3) is 0.952. The van der Waals surface area contributed by atoms with Gasteiger partial charge in [-0.3, -0.25) is 0 Å². The van der Waals surface area contributed by atoms with Gasteiger partial charge in [-0.25, -0.2) is 0 Å². The van der Waals surface area contributed by atoms with E-state index in [9.17, 15) is 10.3 Å². The molecular weight excluding hydrogens is 298 g/mol. The summed E-state index contributed by atoms with van der Waals surface area (Å²) in [6.45, 7) is 6.55. The van der Waals surface area contributed by atoms with Crippen LogP contribution in [0.2, 0.25) is 0 Å². The maximum Gasteiger partial charge on any atom is 0.0622 e. The highest BCUT2D eigenvalue weighted by molar-refractivity contribution is 5.84. The third-order valence-corrected chi connectivity index (χ3v) is 8.90. The van der Waals surface area contributed by atoms with Crippen LogP contribution in [0.1, 0.15) is 78.6 Å². The minimum absolute atomic E-state index is 0.352. The molecule has 0 saturated heterocycles. The van der Waals surface area contributed by atoms with Crippen molar-refractivity contribution in [1.29, 1.82) is 0 Å². The third kappa shape index (κ3) is 2.45. The van der Waals surface area contributed by atoms with Crippen LogP contribution in [0.5, 0.6) is 0 Å². The smallest absolute Gasteiger partial charge is 0.0622 e. The van der Waals surface area contributed by atoms with Crippen LogP contribution in [-0.4, -0.2) is 21.6 Å². The molecule has 0 heterocycles. The lowest BCUT2D eigenvalue weighted by molar-refractivity contribution is -0.0965. The topological polar surface area (TPSA) is 52.8 Å². The first kappa shape index (κ1) is 16.9. The lowest BCUT2D eigenvalue weighted by Crippen LogP contribution is -2.50. The van der Waals surface area contributed by atoms with E-state index in [1.807, 2.05) is 13.8 Å². The van der Waals surface area contributed by atoms with Gasteiger partial charge in [0.15, 0.2) is 0 Å². The Morgan fingerprint density at radius 3 is 2.42 bits per heavy atom. The van der Waals surface area contributed by atoms with E-state index in [1.54, 1.807) is 0 Å². The lowest BCUT2D eigenvalue weighted by atomic mass is 9.49. The van der Waals surface area contributed by atoms with Crippen LogP contribution in [0.4, 0.5) is 0 Å². The average molecular weight is 334 g/mol. The molecule has 0 aromatic carbocycles. The van der Waals surface area contributed by atoms with E-state index >= 15 is 0 Å². The molecule has 4 rings (SSSR count). The molecule has 24 heavy (non-hydrogen) atoms. The van der Waals surface area contributed by atoms with Gasteiger partial charge in [0.05, 0.1) is 11.3 Å². The zero-order valence-corrected chi connectivity index (χ0v) is 15.7. The van der Waals surface area contributed by atoms with Crippen molar-refractivity contribution in [2.75, 3.05) is 0 Å². The number of hydrogen-bond donors (Lipinski definition) is 2. The highest BCUT2D eigenvalue weighted by Crippen LogP contribution is 2.64. The molecule has 0 spiro atoms. The van der Waals surface area contributed by atoms with Gasteiger partial charge in [0.2, 0.25) is 0 Å². The summed E-state index contributed by atoms with van der Waals surface area (Å²) in [4.78, 5) is 0. The van der Waals surface area contributed by atoms with Crippen molar-refractivity contribution in [1.82, 2.24) is 0 Å². The summed E-state index contributed by atoms with van der Waals surface area (Å²) in [5.74, 6) is 4.70. The van der Waals surface area contributed by atoms with E-state index in [2.05, 4.69) is 12.1 Å². The van der Waals surface area contributed by atoms with Gasteiger partial charge in [0.25, 0.3) is 0 Å². The van der Waals surface area contributed by atoms with Crippen molar-refractivity contribution in [2.45, 2.75) is 84.2 Å². The zero-order valence-electron chi connectivity index (χ0n) is 15.7. The monoisotopic (exact) mass is 333 g/mol. The van der Waals surface area contributed by atoms with Crippen molar-refractivity contribution in [3.05, 3.63) is 0 Å². The molecule has 0 radical (unpaired) electrons. The Balaban J connectivity index is 1.55. The molecule has 0 aliphatic heterocycles. The van der Waals surface area contributed by atoms with Crippen LogP contribution in [0.15, 0.2) is 5.16 Å². The Kier molecular flexibility index (Phi) is 4.02. The van der Waals surface area contributed by atoms with Gasteiger partial charge in [-0.2, -0.15) is 0 Å².